The van der Waals surface area contributed by atoms with Gasteiger partial charge in [-0.1, -0.05) is 5.92 Å². The number of halogens is 1. The van der Waals surface area contributed by atoms with Gasteiger partial charge in [0.05, 0.1) is 12.9 Å². The molecule has 3 rings (SSSR count). The first kappa shape index (κ1) is 29.0. The number of nitrogens with zero attached hydrogens (tertiary/aromatic N) is 4. The van der Waals surface area contributed by atoms with Crippen LogP contribution in [0.4, 0.5) is 10.2 Å². The molecule has 0 bridgehead atoms. The van der Waals surface area contributed by atoms with Gasteiger partial charge in [-0.25, -0.2) is 18.4 Å². The molecule has 1 aliphatic heterocycles. The Labute approximate surface area is 201 Å². The van der Waals surface area contributed by atoms with Gasteiger partial charge in [-0.3, -0.25) is 9.13 Å². The van der Waals surface area contributed by atoms with Crippen LogP contribution in [-0.2, 0) is 31.6 Å². The molecule has 0 aromatic carbocycles. The Kier molecular flexibility index (Phi) is 8.55. The van der Waals surface area contributed by atoms with Gasteiger partial charge in [0.25, 0.3) is 7.82 Å². The maximum atomic E-state index is 13.6. The minimum absolute atomic E-state index is 0. The maximum absolute atomic E-state index is 13.6. The molecule has 0 saturated carbocycles. The summed E-state index contributed by atoms with van der Waals surface area (Å²) in [5.74, 6) is 1.72. The number of hydrogen-bond acceptors (Lipinski definition) is 13. The summed E-state index contributed by atoms with van der Waals surface area (Å²) in [6.07, 6.45) is 2.25. The minimum atomic E-state index is -5.82. The Hall–Kier alpha value is -1.23. The molecule has 1 fully saturated rings. The van der Waals surface area contributed by atoms with E-state index in [9.17, 15) is 28.1 Å². The molecule has 0 radical (unpaired) electrons. The zero-order chi connectivity index (χ0) is 24.8. The van der Waals surface area contributed by atoms with E-state index in [0.29, 0.717) is 0 Å². The van der Waals surface area contributed by atoms with E-state index in [0.717, 1.165) is 10.9 Å². The van der Waals surface area contributed by atoms with Gasteiger partial charge in [-0.05, 0) is 0 Å². The Bertz CT molecular complexity index is 1270. The van der Waals surface area contributed by atoms with E-state index in [1.807, 2.05) is 5.92 Å². The molecule has 0 aliphatic carbocycles. The monoisotopic (exact) mass is 539 g/mol. The van der Waals surface area contributed by atoms with Crippen LogP contribution in [0.15, 0.2) is 6.33 Å². The van der Waals surface area contributed by atoms with Crippen molar-refractivity contribution in [2.75, 3.05) is 12.3 Å². The number of imidazole rings is 1. The van der Waals surface area contributed by atoms with Crippen LogP contribution < -0.4 is 29.5 Å². The maximum Gasteiger partial charge on any atom is 1.00 e. The number of aliphatic hydroxyl groups is 1. The Balaban J connectivity index is 0.00000408. The summed E-state index contributed by atoms with van der Waals surface area (Å²) >= 11 is 0. The zero-order valence-electron chi connectivity index (χ0n) is 16.9. The van der Waals surface area contributed by atoms with Crippen LogP contribution in [0.25, 0.3) is 11.2 Å². The molecule has 0 amide bonds. The molecule has 6 N–H and O–H groups in total. The number of aliphatic hydroxyl groups excluding tert-OH is 1. The second kappa shape index (κ2) is 10.0. The summed E-state index contributed by atoms with van der Waals surface area (Å²) in [4.78, 5) is 48.8. The van der Waals surface area contributed by atoms with Crippen LogP contribution in [0.2, 0.25) is 0 Å². The van der Waals surface area contributed by atoms with Gasteiger partial charge in [0, 0.05) is 6.42 Å². The summed E-state index contributed by atoms with van der Waals surface area (Å²) in [5, 5.41) is 10.4. The first-order valence-electron chi connectivity index (χ1n) is 8.32. The van der Waals surface area contributed by atoms with Gasteiger partial charge in [-0.15, -0.1) is 6.42 Å². The van der Waals surface area contributed by atoms with Crippen LogP contribution in [0.5, 0.6) is 0 Å². The molecule has 22 heteroatoms. The van der Waals surface area contributed by atoms with Crippen LogP contribution >= 0.6 is 23.5 Å². The molecule has 1 aliphatic rings. The zero-order valence-corrected chi connectivity index (χ0v) is 19.5. The molecule has 0 spiro atoms. The van der Waals surface area contributed by atoms with Crippen molar-refractivity contribution in [1.29, 1.82) is 0 Å². The van der Waals surface area contributed by atoms with Crippen molar-refractivity contribution in [2.24, 2.45) is 0 Å². The second-order valence-corrected chi connectivity index (χ2v) is 10.8. The van der Waals surface area contributed by atoms with Crippen molar-refractivity contribution in [1.82, 2.24) is 19.5 Å². The molecule has 1 saturated heterocycles. The SMILES string of the molecule is C#CC1(COP(=O)([O-])OP(=O)(O)OP(=O)(O)O)OC(n2cnc3c(N)nc(F)nc32)CC1O.[Li+]. The minimum Gasteiger partial charge on any atom is -0.756 e. The fourth-order valence-corrected chi connectivity index (χ4v) is 5.83. The Morgan fingerprint density at radius 3 is 2.59 bits per heavy atom. The second-order valence-electron chi connectivity index (χ2n) is 6.40. The average molecular weight is 539 g/mol. The van der Waals surface area contributed by atoms with E-state index >= 15 is 0 Å². The predicted molar refractivity (Wildman–Crippen MR) is 99.6 cm³/mol. The van der Waals surface area contributed by atoms with Gasteiger partial charge in [0.15, 0.2) is 22.6 Å². The molecule has 34 heavy (non-hydrogen) atoms. The van der Waals surface area contributed by atoms with Gasteiger partial charge in [0.2, 0.25) is 0 Å². The summed E-state index contributed by atoms with van der Waals surface area (Å²) in [6.45, 7) is -1.17. The van der Waals surface area contributed by atoms with E-state index in [-0.39, 0.29) is 42.3 Å². The number of terminal acetylenes is 1. The normalized spacial score (nSPS) is 26.4. The van der Waals surface area contributed by atoms with E-state index in [2.05, 4.69) is 28.1 Å². The van der Waals surface area contributed by atoms with Crippen molar-refractivity contribution in [3.63, 3.8) is 0 Å². The summed E-state index contributed by atoms with van der Waals surface area (Å²) in [7, 11) is -17.2. The predicted octanol–water partition coefficient (Wildman–Crippen LogP) is -4.09. The van der Waals surface area contributed by atoms with E-state index in [1.165, 1.54) is 0 Å². The number of phosphoric acid groups is 3. The van der Waals surface area contributed by atoms with Gasteiger partial charge < -0.3 is 39.7 Å². The fourth-order valence-electron chi connectivity index (χ4n) is 2.82. The molecule has 5 unspecified atom stereocenters. The molecule has 3 heterocycles. The van der Waals surface area contributed by atoms with Gasteiger partial charge in [0.1, 0.15) is 12.3 Å². The molecule has 5 atom stereocenters. The number of anilines is 1. The molecule has 2 aromatic rings. The standard InChI is InChI=1S/C12H15FN5O12P3.Li/c1-2-12(4-27-32(23,24)30-33(25,26)29-31(20,21)22)6(19)3-7(28-12)18-5-15-8-9(14)16-11(13)17-10(8)18;/h1,5-7,19H,3-4H2,(H,23,24)(H,25,26)(H2,14,16,17)(H2,20,21,22);/q;+1/p-1. The van der Waals surface area contributed by atoms with Crippen LogP contribution in [0, 0.1) is 18.4 Å². The average Bonchev–Trinajstić information content (AvgIpc) is 3.18. The van der Waals surface area contributed by atoms with Crippen molar-refractivity contribution in [3.05, 3.63) is 12.4 Å². The number of hydrogen-bond donors (Lipinski definition) is 5. The summed E-state index contributed by atoms with van der Waals surface area (Å²) < 4.78 is 65.5. The van der Waals surface area contributed by atoms with Crippen LogP contribution in [0.3, 0.4) is 0 Å². The van der Waals surface area contributed by atoms with Gasteiger partial charge in [-0.2, -0.15) is 18.7 Å². The summed E-state index contributed by atoms with van der Waals surface area (Å²) in [5.41, 5.74) is 3.27. The molecule has 17 nitrogen and oxygen atoms in total. The number of aromatic nitrogens is 4. The molecule has 182 valence electrons. The van der Waals surface area contributed by atoms with E-state index < -0.39 is 54.1 Å². The topological polar surface area (TPSA) is 262 Å². The van der Waals surface area contributed by atoms with Crippen molar-refractivity contribution in [2.45, 2.75) is 24.4 Å². The van der Waals surface area contributed by atoms with Gasteiger partial charge >= 0.3 is 40.6 Å². The third kappa shape index (κ3) is 6.50. The van der Waals surface area contributed by atoms with Crippen molar-refractivity contribution < 1.29 is 79.5 Å². The summed E-state index contributed by atoms with van der Waals surface area (Å²) in [6, 6.07) is 0. The molecular formula is C12H14FLiN5O12P3. The van der Waals surface area contributed by atoms with Crippen molar-refractivity contribution >= 4 is 40.4 Å². The Morgan fingerprint density at radius 1 is 1.35 bits per heavy atom. The van der Waals surface area contributed by atoms with Crippen LogP contribution in [-0.4, -0.2) is 57.6 Å². The number of ether oxygens (including phenoxy) is 1. The largest absolute Gasteiger partial charge is 1.00 e. The number of nitrogen functional groups attached to an aromatic ring is 1. The molecular weight excluding hydrogens is 525 g/mol. The number of fused-ring (bicyclic) bond motifs is 1. The quantitative estimate of drug-likeness (QED) is 0.0924. The smallest absolute Gasteiger partial charge is 0.756 e. The third-order valence-electron chi connectivity index (χ3n) is 4.14. The van der Waals surface area contributed by atoms with E-state index in [1.54, 1.807) is 0 Å². The number of nitrogens with two attached hydrogens (primary N) is 1. The van der Waals surface area contributed by atoms with Crippen molar-refractivity contribution in [3.8, 4) is 12.3 Å². The Morgan fingerprint density at radius 2 is 2.00 bits per heavy atom. The third-order valence-corrected chi connectivity index (χ3v) is 7.88. The van der Waals surface area contributed by atoms with Crippen LogP contribution in [0.1, 0.15) is 12.6 Å². The first-order valence-corrected chi connectivity index (χ1v) is 12.8. The fraction of sp³-hybridized carbons (Fsp3) is 0.417. The first-order chi connectivity index (χ1) is 15.1. The number of phosphoric ester groups is 1. The van der Waals surface area contributed by atoms with E-state index in [4.69, 9.17) is 31.6 Å². The molecule has 2 aromatic heterocycles. The number of rotatable bonds is 8.